The van der Waals surface area contributed by atoms with E-state index in [1.54, 1.807) is 27.7 Å². The van der Waals surface area contributed by atoms with Crippen molar-refractivity contribution in [2.45, 2.75) is 33.3 Å². The van der Waals surface area contributed by atoms with Gasteiger partial charge in [0.15, 0.2) is 0 Å². The zero-order valence-corrected chi connectivity index (χ0v) is 11.7. The third kappa shape index (κ3) is 2.61. The number of ether oxygens (including phenoxy) is 1. The van der Waals surface area contributed by atoms with Crippen molar-refractivity contribution in [3.63, 3.8) is 0 Å². The summed E-state index contributed by atoms with van der Waals surface area (Å²) in [5.74, 6) is -0.601. The highest BCUT2D eigenvalue weighted by Crippen LogP contribution is 2.27. The first kappa shape index (κ1) is 14.0. The molecule has 0 aliphatic carbocycles. The quantitative estimate of drug-likeness (QED) is 0.517. The van der Waals surface area contributed by atoms with Gasteiger partial charge in [-0.25, -0.2) is 4.79 Å². The van der Waals surface area contributed by atoms with Crippen LogP contribution in [0.2, 0.25) is 0 Å². The molecule has 0 aliphatic heterocycles. The predicted octanol–water partition coefficient (Wildman–Crippen LogP) is 2.73. The molecule has 7 heteroatoms. The van der Waals surface area contributed by atoms with E-state index in [0.717, 1.165) is 0 Å². The van der Waals surface area contributed by atoms with E-state index in [1.807, 2.05) is 0 Å². The fourth-order valence-electron chi connectivity index (χ4n) is 1.90. The molecule has 2 aromatic rings. The van der Waals surface area contributed by atoms with Gasteiger partial charge < -0.3 is 4.74 Å². The Labute approximate surface area is 115 Å². The SMILES string of the molecule is Cc1n[nH]c2cc([N+](=O)[O-])cc(C(=O)OC(C)(C)C)c12. The highest BCUT2D eigenvalue weighted by atomic mass is 16.6. The molecule has 0 saturated carbocycles. The number of benzene rings is 1. The topological polar surface area (TPSA) is 98.1 Å². The number of H-pyrrole nitrogens is 1. The molecule has 0 spiro atoms. The van der Waals surface area contributed by atoms with E-state index in [9.17, 15) is 14.9 Å². The molecule has 0 unspecified atom stereocenters. The van der Waals surface area contributed by atoms with Crippen LogP contribution in [0.25, 0.3) is 10.9 Å². The Morgan fingerprint density at radius 1 is 1.40 bits per heavy atom. The lowest BCUT2D eigenvalue weighted by atomic mass is 10.1. The summed E-state index contributed by atoms with van der Waals surface area (Å²) in [4.78, 5) is 22.6. The number of aryl methyl sites for hydroxylation is 1. The second-order valence-corrected chi connectivity index (χ2v) is 5.48. The molecule has 0 bridgehead atoms. The van der Waals surface area contributed by atoms with Crippen LogP contribution in [-0.2, 0) is 4.74 Å². The molecule has 1 N–H and O–H groups in total. The van der Waals surface area contributed by atoms with Gasteiger partial charge in [-0.1, -0.05) is 0 Å². The van der Waals surface area contributed by atoms with Gasteiger partial charge >= 0.3 is 5.97 Å². The third-order valence-corrected chi connectivity index (χ3v) is 2.66. The average Bonchev–Trinajstić information content (AvgIpc) is 2.68. The first-order valence-electron chi connectivity index (χ1n) is 6.05. The Kier molecular flexibility index (Phi) is 3.21. The standard InChI is InChI=1S/C13H15N3O4/c1-7-11-9(12(17)20-13(2,3)4)5-8(16(18)19)6-10(11)15-14-7/h5-6H,1-4H3,(H,14,15). The Hall–Kier alpha value is -2.44. The minimum atomic E-state index is -0.675. The number of aromatic amines is 1. The van der Waals surface area contributed by atoms with Crippen molar-refractivity contribution in [3.05, 3.63) is 33.5 Å². The van der Waals surface area contributed by atoms with E-state index in [4.69, 9.17) is 4.74 Å². The fraction of sp³-hybridized carbons (Fsp3) is 0.385. The van der Waals surface area contributed by atoms with Gasteiger partial charge in [-0.3, -0.25) is 15.2 Å². The number of fused-ring (bicyclic) bond motifs is 1. The normalized spacial score (nSPS) is 11.6. The maximum absolute atomic E-state index is 12.2. The van der Waals surface area contributed by atoms with Crippen LogP contribution in [0, 0.1) is 17.0 Å². The molecule has 106 valence electrons. The summed E-state index contributed by atoms with van der Waals surface area (Å²) in [6.45, 7) is 6.93. The zero-order chi connectivity index (χ0) is 15.1. The third-order valence-electron chi connectivity index (χ3n) is 2.66. The van der Waals surface area contributed by atoms with Crippen LogP contribution >= 0.6 is 0 Å². The number of nitrogens with one attached hydrogen (secondary N) is 1. The zero-order valence-electron chi connectivity index (χ0n) is 11.7. The lowest BCUT2D eigenvalue weighted by Crippen LogP contribution is -2.24. The summed E-state index contributed by atoms with van der Waals surface area (Å²) in [5.41, 5.74) is 0.330. The lowest BCUT2D eigenvalue weighted by molar-refractivity contribution is -0.384. The monoisotopic (exact) mass is 277 g/mol. The van der Waals surface area contributed by atoms with Crippen molar-refractivity contribution >= 4 is 22.6 Å². The van der Waals surface area contributed by atoms with Gasteiger partial charge in [0.25, 0.3) is 5.69 Å². The van der Waals surface area contributed by atoms with Gasteiger partial charge in [-0.05, 0) is 27.7 Å². The van der Waals surface area contributed by atoms with Crippen LogP contribution in [0.1, 0.15) is 36.8 Å². The van der Waals surface area contributed by atoms with Crippen LogP contribution in [-0.4, -0.2) is 26.7 Å². The number of esters is 1. The number of carbonyl (C=O) groups excluding carboxylic acids is 1. The molecule has 0 fully saturated rings. The van der Waals surface area contributed by atoms with Crippen molar-refractivity contribution in [1.82, 2.24) is 10.2 Å². The van der Waals surface area contributed by atoms with Gasteiger partial charge in [0.05, 0.1) is 21.7 Å². The molecule has 0 aliphatic rings. The van der Waals surface area contributed by atoms with Crippen molar-refractivity contribution in [2.24, 2.45) is 0 Å². The van der Waals surface area contributed by atoms with Gasteiger partial charge in [-0.15, -0.1) is 0 Å². The van der Waals surface area contributed by atoms with Crippen LogP contribution in [0.5, 0.6) is 0 Å². The van der Waals surface area contributed by atoms with Gasteiger partial charge in [0, 0.05) is 17.5 Å². The Morgan fingerprint density at radius 2 is 2.05 bits per heavy atom. The van der Waals surface area contributed by atoms with E-state index in [-0.39, 0.29) is 11.3 Å². The summed E-state index contributed by atoms with van der Waals surface area (Å²) >= 11 is 0. The second-order valence-electron chi connectivity index (χ2n) is 5.48. The first-order chi connectivity index (χ1) is 9.19. The Bertz CT molecular complexity index is 697. The maximum Gasteiger partial charge on any atom is 0.339 e. The average molecular weight is 277 g/mol. The number of nitro groups is 1. The molecule has 0 saturated heterocycles. The number of aromatic nitrogens is 2. The number of non-ortho nitro benzene ring substituents is 1. The number of carbonyl (C=O) groups is 1. The van der Waals surface area contributed by atoms with Crippen LogP contribution in [0.4, 0.5) is 5.69 Å². The summed E-state index contributed by atoms with van der Waals surface area (Å²) in [6.07, 6.45) is 0. The molecule has 1 aromatic heterocycles. The molecule has 0 radical (unpaired) electrons. The van der Waals surface area contributed by atoms with Gasteiger partial charge in [0.1, 0.15) is 5.60 Å². The minimum Gasteiger partial charge on any atom is -0.456 e. The first-order valence-corrected chi connectivity index (χ1v) is 6.05. The molecule has 0 atom stereocenters. The van der Waals surface area contributed by atoms with Crippen molar-refractivity contribution in [3.8, 4) is 0 Å². The summed E-state index contributed by atoms with van der Waals surface area (Å²) in [5, 5.41) is 18.1. The van der Waals surface area contributed by atoms with Crippen molar-refractivity contribution in [2.75, 3.05) is 0 Å². The molecule has 7 nitrogen and oxygen atoms in total. The van der Waals surface area contributed by atoms with E-state index < -0.39 is 16.5 Å². The van der Waals surface area contributed by atoms with Crippen LogP contribution in [0.15, 0.2) is 12.1 Å². The highest BCUT2D eigenvalue weighted by molar-refractivity contribution is 6.05. The number of hydrogen-bond donors (Lipinski definition) is 1. The number of nitro benzene ring substituents is 1. The summed E-state index contributed by atoms with van der Waals surface area (Å²) in [7, 11) is 0. The maximum atomic E-state index is 12.2. The van der Waals surface area contributed by atoms with E-state index >= 15 is 0 Å². The van der Waals surface area contributed by atoms with Crippen molar-refractivity contribution in [1.29, 1.82) is 0 Å². The molecule has 1 heterocycles. The molecular formula is C13H15N3O4. The van der Waals surface area contributed by atoms with Crippen LogP contribution < -0.4 is 0 Å². The number of hydrogen-bond acceptors (Lipinski definition) is 5. The van der Waals surface area contributed by atoms with Crippen LogP contribution in [0.3, 0.4) is 0 Å². The molecule has 2 rings (SSSR count). The van der Waals surface area contributed by atoms with E-state index in [1.165, 1.54) is 12.1 Å². The smallest absolute Gasteiger partial charge is 0.339 e. The highest BCUT2D eigenvalue weighted by Gasteiger charge is 2.24. The second kappa shape index (κ2) is 4.59. The summed E-state index contributed by atoms with van der Waals surface area (Å²) in [6, 6.07) is 2.57. The Morgan fingerprint density at radius 3 is 2.60 bits per heavy atom. The lowest BCUT2D eigenvalue weighted by Gasteiger charge is -2.19. The van der Waals surface area contributed by atoms with Gasteiger partial charge in [-0.2, -0.15) is 5.10 Å². The fourth-order valence-corrected chi connectivity index (χ4v) is 1.90. The summed E-state index contributed by atoms with van der Waals surface area (Å²) < 4.78 is 5.29. The Balaban J connectivity index is 2.63. The minimum absolute atomic E-state index is 0.148. The molecule has 20 heavy (non-hydrogen) atoms. The predicted molar refractivity (Wildman–Crippen MR) is 72.7 cm³/mol. The van der Waals surface area contributed by atoms with Crippen molar-refractivity contribution < 1.29 is 14.5 Å². The number of nitrogens with zero attached hydrogens (tertiary/aromatic N) is 2. The molecule has 1 aromatic carbocycles. The molecule has 0 amide bonds. The number of rotatable bonds is 2. The van der Waals surface area contributed by atoms with E-state index in [0.29, 0.717) is 16.6 Å². The van der Waals surface area contributed by atoms with E-state index in [2.05, 4.69) is 10.2 Å². The largest absolute Gasteiger partial charge is 0.456 e. The molecular weight excluding hydrogens is 262 g/mol. The van der Waals surface area contributed by atoms with Gasteiger partial charge in [0.2, 0.25) is 0 Å².